The van der Waals surface area contributed by atoms with Crippen LogP contribution in [0.4, 0.5) is 11.5 Å². The maximum Gasteiger partial charge on any atom is 0.243 e. The Kier molecular flexibility index (Phi) is 5.95. The fraction of sp³-hybridized carbons (Fsp3) is 0.524. The zero-order valence-electron chi connectivity index (χ0n) is 17.8. The van der Waals surface area contributed by atoms with Crippen LogP contribution in [-0.4, -0.2) is 75.4 Å². The SMILES string of the molecule is Cc1cc(C)c(S(=O)(=O)N2CCN(c3cnnc(N4CCOCC4)c3)CC2)cc1C. The molecule has 3 heterocycles. The highest BCUT2D eigenvalue weighted by molar-refractivity contribution is 7.89. The van der Waals surface area contributed by atoms with E-state index < -0.39 is 10.0 Å². The average molecular weight is 432 g/mol. The minimum absolute atomic E-state index is 0.416. The van der Waals surface area contributed by atoms with Gasteiger partial charge in [-0.3, -0.25) is 0 Å². The first-order valence-corrected chi connectivity index (χ1v) is 11.8. The largest absolute Gasteiger partial charge is 0.378 e. The first-order chi connectivity index (χ1) is 14.4. The standard InChI is InChI=1S/C21H29N5O3S/c1-16-12-18(3)20(13-17(16)2)30(27,28)26-6-4-24(5-7-26)19-14-21(23-22-15-19)25-8-10-29-11-9-25/h12-15H,4-11H2,1-3H3. The molecule has 1 aromatic heterocycles. The second kappa shape index (κ2) is 8.49. The van der Waals surface area contributed by atoms with Crippen molar-refractivity contribution in [2.24, 2.45) is 0 Å². The Morgan fingerprint density at radius 3 is 2.20 bits per heavy atom. The van der Waals surface area contributed by atoms with Crippen LogP contribution >= 0.6 is 0 Å². The fourth-order valence-electron chi connectivity index (χ4n) is 4.00. The number of aromatic nitrogens is 2. The number of sulfonamides is 1. The summed E-state index contributed by atoms with van der Waals surface area (Å²) in [5, 5.41) is 8.44. The molecule has 2 saturated heterocycles. The van der Waals surface area contributed by atoms with Crippen molar-refractivity contribution in [1.82, 2.24) is 14.5 Å². The van der Waals surface area contributed by atoms with Crippen LogP contribution in [0, 0.1) is 20.8 Å². The highest BCUT2D eigenvalue weighted by atomic mass is 32.2. The molecule has 4 rings (SSSR count). The second-order valence-electron chi connectivity index (χ2n) is 7.96. The van der Waals surface area contributed by atoms with Crippen LogP contribution in [0.5, 0.6) is 0 Å². The Morgan fingerprint density at radius 1 is 0.833 bits per heavy atom. The van der Waals surface area contributed by atoms with E-state index in [-0.39, 0.29) is 0 Å². The summed E-state index contributed by atoms with van der Waals surface area (Å²) < 4.78 is 33.5. The summed E-state index contributed by atoms with van der Waals surface area (Å²) in [5.41, 5.74) is 3.88. The summed E-state index contributed by atoms with van der Waals surface area (Å²) in [5.74, 6) is 0.844. The van der Waals surface area contributed by atoms with Crippen molar-refractivity contribution >= 4 is 21.5 Å². The number of rotatable bonds is 4. The molecule has 0 aliphatic carbocycles. The number of morpholine rings is 1. The quantitative estimate of drug-likeness (QED) is 0.730. The van der Waals surface area contributed by atoms with E-state index in [0.29, 0.717) is 44.3 Å². The summed E-state index contributed by atoms with van der Waals surface area (Å²) >= 11 is 0. The van der Waals surface area contributed by atoms with Crippen LogP contribution in [0.2, 0.25) is 0 Å². The Hall–Kier alpha value is -2.23. The second-order valence-corrected chi connectivity index (χ2v) is 9.87. The van der Waals surface area contributed by atoms with Crippen molar-refractivity contribution in [3.8, 4) is 0 Å². The normalized spacial score (nSPS) is 18.6. The van der Waals surface area contributed by atoms with Crippen LogP contribution in [0.1, 0.15) is 16.7 Å². The molecular weight excluding hydrogens is 402 g/mol. The number of nitrogens with zero attached hydrogens (tertiary/aromatic N) is 5. The molecule has 2 aromatic rings. The van der Waals surface area contributed by atoms with Crippen molar-refractivity contribution in [3.05, 3.63) is 41.1 Å². The third-order valence-electron chi connectivity index (χ3n) is 5.98. The van der Waals surface area contributed by atoms with Crippen molar-refractivity contribution in [3.63, 3.8) is 0 Å². The van der Waals surface area contributed by atoms with Gasteiger partial charge in [0.05, 0.1) is 30.0 Å². The van der Waals surface area contributed by atoms with E-state index in [2.05, 4.69) is 20.0 Å². The number of ether oxygens (including phenoxy) is 1. The van der Waals surface area contributed by atoms with Gasteiger partial charge in [0, 0.05) is 45.3 Å². The molecule has 9 heteroatoms. The van der Waals surface area contributed by atoms with E-state index in [9.17, 15) is 8.42 Å². The molecule has 162 valence electrons. The molecule has 8 nitrogen and oxygen atoms in total. The first-order valence-electron chi connectivity index (χ1n) is 10.3. The van der Waals surface area contributed by atoms with Gasteiger partial charge in [-0.2, -0.15) is 9.40 Å². The van der Waals surface area contributed by atoms with Gasteiger partial charge in [0.25, 0.3) is 0 Å². The number of aryl methyl sites for hydroxylation is 3. The van der Waals surface area contributed by atoms with Crippen molar-refractivity contribution < 1.29 is 13.2 Å². The smallest absolute Gasteiger partial charge is 0.243 e. The third-order valence-corrected chi connectivity index (χ3v) is 8.02. The molecule has 0 atom stereocenters. The number of piperazine rings is 1. The van der Waals surface area contributed by atoms with Crippen molar-refractivity contribution in [1.29, 1.82) is 0 Å². The van der Waals surface area contributed by atoms with Crippen LogP contribution < -0.4 is 9.80 Å². The molecule has 2 fully saturated rings. The summed E-state index contributed by atoms with van der Waals surface area (Å²) in [6.07, 6.45) is 1.75. The molecule has 2 aliphatic rings. The first kappa shape index (κ1) is 21.0. The Morgan fingerprint density at radius 2 is 1.50 bits per heavy atom. The van der Waals surface area contributed by atoms with Gasteiger partial charge < -0.3 is 14.5 Å². The number of hydrogen-bond donors (Lipinski definition) is 0. The predicted octanol–water partition coefficient (Wildman–Crippen LogP) is 1.75. The topological polar surface area (TPSA) is 78.9 Å². The van der Waals surface area contributed by atoms with Crippen LogP contribution in [0.3, 0.4) is 0 Å². The molecule has 0 unspecified atom stereocenters. The van der Waals surface area contributed by atoms with Gasteiger partial charge in [-0.25, -0.2) is 8.42 Å². The van der Waals surface area contributed by atoms with Crippen LogP contribution in [0.25, 0.3) is 0 Å². The lowest BCUT2D eigenvalue weighted by molar-refractivity contribution is 0.122. The molecule has 0 bridgehead atoms. The minimum atomic E-state index is -3.51. The van der Waals surface area contributed by atoms with Gasteiger partial charge >= 0.3 is 0 Å². The van der Waals surface area contributed by atoms with Gasteiger partial charge in [-0.1, -0.05) is 6.07 Å². The van der Waals surface area contributed by atoms with Gasteiger partial charge in [0.1, 0.15) is 0 Å². The van der Waals surface area contributed by atoms with E-state index in [1.807, 2.05) is 32.9 Å². The van der Waals surface area contributed by atoms with Crippen LogP contribution in [0.15, 0.2) is 29.3 Å². The van der Waals surface area contributed by atoms with Crippen LogP contribution in [-0.2, 0) is 14.8 Å². The summed E-state index contributed by atoms with van der Waals surface area (Å²) in [7, 11) is -3.51. The zero-order valence-corrected chi connectivity index (χ0v) is 18.7. The number of hydrogen-bond acceptors (Lipinski definition) is 7. The predicted molar refractivity (Wildman–Crippen MR) is 117 cm³/mol. The lowest BCUT2D eigenvalue weighted by Crippen LogP contribution is -2.49. The Labute approximate surface area is 178 Å². The third kappa shape index (κ3) is 4.14. The van der Waals surface area contributed by atoms with Crippen molar-refractivity contribution in [2.75, 3.05) is 62.3 Å². The number of anilines is 2. The monoisotopic (exact) mass is 431 g/mol. The van der Waals surface area contributed by atoms with Gasteiger partial charge in [0.2, 0.25) is 10.0 Å². The highest BCUT2D eigenvalue weighted by Crippen LogP contribution is 2.26. The number of benzene rings is 1. The molecule has 0 amide bonds. The van der Waals surface area contributed by atoms with E-state index >= 15 is 0 Å². The van der Waals surface area contributed by atoms with Gasteiger partial charge in [-0.05, 0) is 43.5 Å². The van der Waals surface area contributed by atoms with Crippen molar-refractivity contribution in [2.45, 2.75) is 25.7 Å². The van der Waals surface area contributed by atoms with E-state index in [1.54, 1.807) is 16.6 Å². The highest BCUT2D eigenvalue weighted by Gasteiger charge is 2.30. The molecular formula is C21H29N5O3S. The Bertz CT molecular complexity index is 1010. The molecule has 0 N–H and O–H groups in total. The van der Waals surface area contributed by atoms with E-state index in [4.69, 9.17) is 4.74 Å². The lowest BCUT2D eigenvalue weighted by Gasteiger charge is -2.36. The molecule has 1 aromatic carbocycles. The zero-order chi connectivity index (χ0) is 21.3. The van der Waals surface area contributed by atoms with E-state index in [1.165, 1.54) is 0 Å². The molecule has 30 heavy (non-hydrogen) atoms. The summed E-state index contributed by atoms with van der Waals surface area (Å²) in [4.78, 5) is 4.76. The summed E-state index contributed by atoms with van der Waals surface area (Å²) in [6.45, 7) is 11.0. The van der Waals surface area contributed by atoms with E-state index in [0.717, 1.165) is 41.3 Å². The lowest BCUT2D eigenvalue weighted by atomic mass is 10.1. The Balaban J connectivity index is 1.47. The minimum Gasteiger partial charge on any atom is -0.378 e. The van der Waals surface area contributed by atoms with Gasteiger partial charge in [-0.15, -0.1) is 5.10 Å². The van der Waals surface area contributed by atoms with Gasteiger partial charge in [0.15, 0.2) is 5.82 Å². The average Bonchev–Trinajstić information content (AvgIpc) is 2.77. The molecule has 0 spiro atoms. The molecule has 0 saturated carbocycles. The summed E-state index contributed by atoms with van der Waals surface area (Å²) in [6, 6.07) is 5.79. The molecule has 0 radical (unpaired) electrons. The molecule has 2 aliphatic heterocycles. The maximum absolute atomic E-state index is 13.2. The fourth-order valence-corrected chi connectivity index (χ4v) is 5.72. The maximum atomic E-state index is 13.2.